The SMILES string of the molecule is CCCNC(c1ccc(OC)cc1)C(C)(CC)OC. The van der Waals surface area contributed by atoms with Gasteiger partial charge in [0.1, 0.15) is 5.75 Å². The Morgan fingerprint density at radius 2 is 1.79 bits per heavy atom. The summed E-state index contributed by atoms with van der Waals surface area (Å²) in [4.78, 5) is 0. The van der Waals surface area contributed by atoms with Gasteiger partial charge in [0.05, 0.1) is 18.8 Å². The first kappa shape index (κ1) is 16.0. The number of ether oxygens (including phenoxy) is 2. The Bertz CT molecular complexity index is 358. The summed E-state index contributed by atoms with van der Waals surface area (Å²) in [6, 6.07) is 8.41. The highest BCUT2D eigenvalue weighted by Crippen LogP contribution is 2.32. The van der Waals surface area contributed by atoms with Crippen LogP contribution in [0.3, 0.4) is 0 Å². The molecule has 0 saturated heterocycles. The molecule has 1 N–H and O–H groups in total. The van der Waals surface area contributed by atoms with Crippen molar-refractivity contribution in [2.75, 3.05) is 20.8 Å². The van der Waals surface area contributed by atoms with Gasteiger partial charge in [-0.1, -0.05) is 26.0 Å². The zero-order valence-corrected chi connectivity index (χ0v) is 12.8. The molecule has 0 saturated carbocycles. The largest absolute Gasteiger partial charge is 0.497 e. The van der Waals surface area contributed by atoms with Crippen molar-refractivity contribution in [2.24, 2.45) is 0 Å². The van der Waals surface area contributed by atoms with E-state index < -0.39 is 0 Å². The summed E-state index contributed by atoms with van der Waals surface area (Å²) in [5.41, 5.74) is 1.03. The van der Waals surface area contributed by atoms with Crippen molar-refractivity contribution in [3.63, 3.8) is 0 Å². The summed E-state index contributed by atoms with van der Waals surface area (Å²) in [5, 5.41) is 3.60. The van der Waals surface area contributed by atoms with Gasteiger partial charge in [-0.15, -0.1) is 0 Å². The Morgan fingerprint density at radius 3 is 2.21 bits per heavy atom. The third kappa shape index (κ3) is 3.95. The molecular weight excluding hydrogens is 238 g/mol. The Hall–Kier alpha value is -1.06. The van der Waals surface area contributed by atoms with Crippen LogP contribution in [0.15, 0.2) is 24.3 Å². The van der Waals surface area contributed by atoms with E-state index in [0.29, 0.717) is 0 Å². The van der Waals surface area contributed by atoms with E-state index >= 15 is 0 Å². The lowest BCUT2D eigenvalue weighted by molar-refractivity contribution is -0.0299. The lowest BCUT2D eigenvalue weighted by Crippen LogP contribution is -2.43. The summed E-state index contributed by atoms with van der Waals surface area (Å²) in [6.45, 7) is 7.47. The second kappa shape index (κ2) is 7.51. The first-order valence-corrected chi connectivity index (χ1v) is 7.03. The maximum absolute atomic E-state index is 5.76. The van der Waals surface area contributed by atoms with E-state index in [0.717, 1.165) is 25.1 Å². The average Bonchev–Trinajstić information content (AvgIpc) is 2.47. The van der Waals surface area contributed by atoms with Crippen molar-refractivity contribution in [1.29, 1.82) is 0 Å². The van der Waals surface area contributed by atoms with Gasteiger partial charge in [0, 0.05) is 7.11 Å². The van der Waals surface area contributed by atoms with Crippen LogP contribution < -0.4 is 10.1 Å². The molecule has 0 heterocycles. The molecule has 0 fully saturated rings. The summed E-state index contributed by atoms with van der Waals surface area (Å²) >= 11 is 0. The van der Waals surface area contributed by atoms with Crippen LogP contribution in [0, 0.1) is 0 Å². The summed E-state index contributed by atoms with van der Waals surface area (Å²) < 4.78 is 11.0. The normalized spacial score (nSPS) is 15.8. The average molecular weight is 265 g/mol. The second-order valence-corrected chi connectivity index (χ2v) is 5.03. The molecular formula is C16H27NO2. The first-order chi connectivity index (χ1) is 9.11. The standard InChI is InChI=1S/C16H27NO2/c1-6-12-17-15(16(3,7-2)19-5)13-8-10-14(18-4)11-9-13/h8-11,15,17H,6-7,12H2,1-5H3. The molecule has 3 nitrogen and oxygen atoms in total. The minimum Gasteiger partial charge on any atom is -0.497 e. The molecule has 0 bridgehead atoms. The highest BCUT2D eigenvalue weighted by Gasteiger charge is 2.33. The Labute approximate surface area is 117 Å². The molecule has 0 radical (unpaired) electrons. The van der Waals surface area contributed by atoms with Crippen molar-refractivity contribution in [3.05, 3.63) is 29.8 Å². The Morgan fingerprint density at radius 1 is 1.16 bits per heavy atom. The number of hydrogen-bond donors (Lipinski definition) is 1. The van der Waals surface area contributed by atoms with Crippen LogP contribution in [0.4, 0.5) is 0 Å². The van der Waals surface area contributed by atoms with E-state index in [2.05, 4.69) is 38.2 Å². The number of methoxy groups -OCH3 is 2. The van der Waals surface area contributed by atoms with E-state index in [1.807, 2.05) is 12.1 Å². The van der Waals surface area contributed by atoms with Gasteiger partial charge in [-0.3, -0.25) is 0 Å². The fraction of sp³-hybridized carbons (Fsp3) is 0.625. The maximum atomic E-state index is 5.76. The van der Waals surface area contributed by atoms with Crippen molar-refractivity contribution in [3.8, 4) is 5.75 Å². The van der Waals surface area contributed by atoms with Crippen LogP contribution in [0.25, 0.3) is 0 Å². The fourth-order valence-electron chi connectivity index (χ4n) is 2.24. The third-order valence-corrected chi connectivity index (χ3v) is 3.83. The summed E-state index contributed by atoms with van der Waals surface area (Å²) in [5.74, 6) is 0.883. The van der Waals surface area contributed by atoms with Gasteiger partial charge < -0.3 is 14.8 Å². The summed E-state index contributed by atoms with van der Waals surface area (Å²) in [7, 11) is 3.47. The lowest BCUT2D eigenvalue weighted by atomic mass is 9.87. The van der Waals surface area contributed by atoms with Crippen LogP contribution in [0.5, 0.6) is 5.75 Å². The summed E-state index contributed by atoms with van der Waals surface area (Å²) in [6.07, 6.45) is 2.06. The molecule has 0 aliphatic carbocycles. The molecule has 0 amide bonds. The molecule has 0 aromatic heterocycles. The molecule has 1 rings (SSSR count). The number of rotatable bonds is 8. The van der Waals surface area contributed by atoms with Gasteiger partial charge in [0.15, 0.2) is 0 Å². The first-order valence-electron chi connectivity index (χ1n) is 7.03. The highest BCUT2D eigenvalue weighted by atomic mass is 16.5. The van der Waals surface area contributed by atoms with Crippen molar-refractivity contribution in [2.45, 2.75) is 45.3 Å². The molecule has 2 atom stereocenters. The molecule has 1 aromatic carbocycles. The molecule has 0 spiro atoms. The molecule has 19 heavy (non-hydrogen) atoms. The topological polar surface area (TPSA) is 30.5 Å². The molecule has 2 unspecified atom stereocenters. The van der Waals surface area contributed by atoms with E-state index in [1.165, 1.54) is 5.56 Å². The predicted octanol–water partition coefficient (Wildman–Crippen LogP) is 3.55. The van der Waals surface area contributed by atoms with Gasteiger partial charge in [-0.25, -0.2) is 0 Å². The van der Waals surface area contributed by atoms with Gasteiger partial charge >= 0.3 is 0 Å². The molecule has 1 aromatic rings. The zero-order valence-electron chi connectivity index (χ0n) is 12.8. The zero-order chi connectivity index (χ0) is 14.3. The number of benzene rings is 1. The lowest BCUT2D eigenvalue weighted by Gasteiger charge is -2.37. The molecule has 0 aliphatic rings. The number of hydrogen-bond acceptors (Lipinski definition) is 3. The quantitative estimate of drug-likeness (QED) is 0.779. The van der Waals surface area contributed by atoms with E-state index in [9.17, 15) is 0 Å². The van der Waals surface area contributed by atoms with Gasteiger partial charge in [0.25, 0.3) is 0 Å². The predicted molar refractivity (Wildman–Crippen MR) is 79.7 cm³/mol. The smallest absolute Gasteiger partial charge is 0.118 e. The van der Waals surface area contributed by atoms with Crippen LogP contribution >= 0.6 is 0 Å². The van der Waals surface area contributed by atoms with Gasteiger partial charge in [0.2, 0.25) is 0 Å². The van der Waals surface area contributed by atoms with Crippen molar-refractivity contribution >= 4 is 0 Å². The minimum absolute atomic E-state index is 0.188. The highest BCUT2D eigenvalue weighted by molar-refractivity contribution is 5.30. The van der Waals surface area contributed by atoms with Gasteiger partial charge in [-0.05, 0) is 44.0 Å². The fourth-order valence-corrected chi connectivity index (χ4v) is 2.24. The molecule has 0 aliphatic heterocycles. The second-order valence-electron chi connectivity index (χ2n) is 5.03. The van der Waals surface area contributed by atoms with Crippen molar-refractivity contribution in [1.82, 2.24) is 5.32 Å². The Balaban J connectivity index is 3.00. The van der Waals surface area contributed by atoms with E-state index in [4.69, 9.17) is 9.47 Å². The monoisotopic (exact) mass is 265 g/mol. The minimum atomic E-state index is -0.205. The number of nitrogens with one attached hydrogen (secondary N) is 1. The van der Waals surface area contributed by atoms with Gasteiger partial charge in [-0.2, -0.15) is 0 Å². The Kier molecular flexibility index (Phi) is 6.32. The van der Waals surface area contributed by atoms with E-state index in [-0.39, 0.29) is 11.6 Å². The molecule has 3 heteroatoms. The van der Waals surface area contributed by atoms with Crippen LogP contribution in [-0.4, -0.2) is 26.4 Å². The van der Waals surface area contributed by atoms with Crippen molar-refractivity contribution < 1.29 is 9.47 Å². The third-order valence-electron chi connectivity index (χ3n) is 3.83. The van der Waals surface area contributed by atoms with Crippen LogP contribution in [0.2, 0.25) is 0 Å². The van der Waals surface area contributed by atoms with Crippen LogP contribution in [0.1, 0.15) is 45.2 Å². The molecule has 108 valence electrons. The van der Waals surface area contributed by atoms with Crippen LogP contribution in [-0.2, 0) is 4.74 Å². The van der Waals surface area contributed by atoms with E-state index in [1.54, 1.807) is 14.2 Å². The maximum Gasteiger partial charge on any atom is 0.118 e.